The van der Waals surface area contributed by atoms with Crippen molar-refractivity contribution in [3.8, 4) is 0 Å². The van der Waals surface area contributed by atoms with E-state index in [0.717, 1.165) is 32.4 Å². The molecule has 0 radical (unpaired) electrons. The van der Waals surface area contributed by atoms with Crippen molar-refractivity contribution in [2.45, 2.75) is 30.8 Å². The molecule has 1 aliphatic heterocycles. The fourth-order valence-electron chi connectivity index (χ4n) is 2.06. The molecule has 0 saturated carbocycles. The number of hydrogen-bond acceptors (Lipinski definition) is 4. The Morgan fingerprint density at radius 3 is 2.53 bits per heavy atom. The second-order valence-corrected chi connectivity index (χ2v) is 7.05. The minimum Gasteiger partial charge on any atom is -0.392 e. The van der Waals surface area contributed by atoms with Crippen LogP contribution >= 0.6 is 15.9 Å². The lowest BCUT2D eigenvalue weighted by Gasteiger charge is -2.26. The van der Waals surface area contributed by atoms with Gasteiger partial charge in [-0.2, -0.15) is 0 Å². The van der Waals surface area contributed by atoms with Crippen molar-refractivity contribution in [3.05, 3.63) is 28.2 Å². The number of hydrazine groups is 1. The molecule has 0 bridgehead atoms. The molecule has 1 saturated heterocycles. The summed E-state index contributed by atoms with van der Waals surface area (Å²) in [6.45, 7) is 1.37. The Balaban J connectivity index is 2.18. The summed E-state index contributed by atoms with van der Waals surface area (Å²) in [6.07, 6.45) is 3.16. The van der Waals surface area contributed by atoms with Crippen LogP contribution in [0.25, 0.3) is 0 Å². The molecular weight excluding hydrogens is 332 g/mol. The van der Waals surface area contributed by atoms with E-state index in [4.69, 9.17) is 5.11 Å². The standard InChI is InChI=1S/C12H17BrN2O3S/c13-11-8-10(9-16)4-5-12(11)19(17,18)14-15-6-2-1-3-7-15/h4-5,8,14,16H,1-3,6-7,9H2. The van der Waals surface area contributed by atoms with Gasteiger partial charge in [0.15, 0.2) is 0 Å². The highest BCUT2D eigenvalue weighted by atomic mass is 79.9. The zero-order valence-corrected chi connectivity index (χ0v) is 12.9. The number of halogens is 1. The molecule has 0 atom stereocenters. The third-order valence-electron chi connectivity index (χ3n) is 3.07. The summed E-state index contributed by atoms with van der Waals surface area (Å²) in [5, 5.41) is 10.8. The third-order valence-corrected chi connectivity index (χ3v) is 5.43. The summed E-state index contributed by atoms with van der Waals surface area (Å²) in [7, 11) is -3.57. The van der Waals surface area contributed by atoms with Crippen LogP contribution in [0.1, 0.15) is 24.8 Å². The molecule has 0 aliphatic carbocycles. The maximum Gasteiger partial charge on any atom is 0.254 e. The Morgan fingerprint density at radius 1 is 1.26 bits per heavy atom. The fourth-order valence-corrected chi connectivity index (χ4v) is 4.31. The van der Waals surface area contributed by atoms with Crippen molar-refractivity contribution < 1.29 is 13.5 Å². The zero-order valence-electron chi connectivity index (χ0n) is 10.5. The molecule has 2 rings (SSSR count). The minimum atomic E-state index is -3.57. The van der Waals surface area contributed by atoms with Crippen LogP contribution in [0.15, 0.2) is 27.6 Å². The maximum atomic E-state index is 12.3. The summed E-state index contributed by atoms with van der Waals surface area (Å²) in [5.41, 5.74) is 0.670. The molecule has 0 spiro atoms. The van der Waals surface area contributed by atoms with Gasteiger partial charge in [0.25, 0.3) is 10.0 Å². The molecule has 0 amide bonds. The van der Waals surface area contributed by atoms with Crippen molar-refractivity contribution in [1.82, 2.24) is 9.84 Å². The predicted octanol–water partition coefficient (Wildman–Crippen LogP) is 1.62. The van der Waals surface area contributed by atoms with E-state index in [1.165, 1.54) is 6.07 Å². The van der Waals surface area contributed by atoms with E-state index in [2.05, 4.69) is 20.8 Å². The van der Waals surface area contributed by atoms with Gasteiger partial charge >= 0.3 is 0 Å². The summed E-state index contributed by atoms with van der Waals surface area (Å²) >= 11 is 3.24. The van der Waals surface area contributed by atoms with Gasteiger partial charge in [0.2, 0.25) is 0 Å². The van der Waals surface area contributed by atoms with E-state index < -0.39 is 10.0 Å². The van der Waals surface area contributed by atoms with Crippen molar-refractivity contribution in [2.24, 2.45) is 0 Å². The van der Waals surface area contributed by atoms with E-state index in [1.807, 2.05) is 0 Å². The first-order valence-corrected chi connectivity index (χ1v) is 8.47. The number of nitrogens with one attached hydrogen (secondary N) is 1. The second kappa shape index (κ2) is 6.32. The lowest BCUT2D eigenvalue weighted by atomic mass is 10.2. The van der Waals surface area contributed by atoms with Crippen LogP contribution < -0.4 is 4.83 Å². The van der Waals surface area contributed by atoms with Crippen molar-refractivity contribution in [2.75, 3.05) is 13.1 Å². The Bertz CT molecular complexity index is 542. The van der Waals surface area contributed by atoms with Gasteiger partial charge in [-0.25, -0.2) is 13.4 Å². The highest BCUT2D eigenvalue weighted by Gasteiger charge is 2.22. The number of nitrogens with zero attached hydrogens (tertiary/aromatic N) is 1. The molecule has 1 aromatic rings. The van der Waals surface area contributed by atoms with Crippen molar-refractivity contribution in [3.63, 3.8) is 0 Å². The maximum absolute atomic E-state index is 12.3. The molecule has 1 aliphatic rings. The highest BCUT2D eigenvalue weighted by molar-refractivity contribution is 9.10. The molecular formula is C12H17BrN2O3S. The number of hydrogen-bond donors (Lipinski definition) is 2. The smallest absolute Gasteiger partial charge is 0.254 e. The third kappa shape index (κ3) is 3.76. The van der Waals surface area contributed by atoms with Crippen LogP contribution in [0.5, 0.6) is 0 Å². The monoisotopic (exact) mass is 348 g/mol. The first kappa shape index (κ1) is 14.9. The van der Waals surface area contributed by atoms with Crippen LogP contribution in [-0.4, -0.2) is 31.6 Å². The normalized spacial score (nSPS) is 17.6. The number of rotatable bonds is 4. The van der Waals surface area contributed by atoms with E-state index in [0.29, 0.717) is 10.0 Å². The quantitative estimate of drug-likeness (QED) is 0.867. The van der Waals surface area contributed by atoms with Gasteiger partial charge in [-0.3, -0.25) is 0 Å². The lowest BCUT2D eigenvalue weighted by molar-refractivity contribution is 0.200. The number of aliphatic hydroxyl groups is 1. The van der Waals surface area contributed by atoms with Gasteiger partial charge in [0, 0.05) is 17.6 Å². The van der Waals surface area contributed by atoms with Crippen LogP contribution in [0.3, 0.4) is 0 Å². The Hall–Kier alpha value is -0.470. The topological polar surface area (TPSA) is 69.6 Å². The molecule has 106 valence electrons. The molecule has 1 heterocycles. The van der Waals surface area contributed by atoms with Crippen molar-refractivity contribution >= 4 is 26.0 Å². The van der Waals surface area contributed by atoms with Crippen LogP contribution in [0.4, 0.5) is 0 Å². The molecule has 1 fully saturated rings. The Labute approximate surface area is 121 Å². The molecule has 0 unspecified atom stereocenters. The number of sulfonamides is 1. The van der Waals surface area contributed by atoms with E-state index in [-0.39, 0.29) is 11.5 Å². The van der Waals surface area contributed by atoms with Crippen molar-refractivity contribution in [1.29, 1.82) is 0 Å². The van der Waals surface area contributed by atoms with Crippen LogP contribution in [0, 0.1) is 0 Å². The van der Waals surface area contributed by atoms with Gasteiger partial charge in [-0.1, -0.05) is 12.5 Å². The second-order valence-electron chi connectivity index (χ2n) is 4.57. The first-order valence-electron chi connectivity index (χ1n) is 6.19. The Kier molecular flexibility index (Phi) is 4.97. The average Bonchev–Trinajstić information content (AvgIpc) is 2.38. The molecule has 1 aromatic carbocycles. The summed E-state index contributed by atoms with van der Waals surface area (Å²) < 4.78 is 25.0. The molecule has 19 heavy (non-hydrogen) atoms. The number of aliphatic hydroxyl groups excluding tert-OH is 1. The summed E-state index contributed by atoms with van der Waals surface area (Å²) in [4.78, 5) is 2.79. The van der Waals surface area contributed by atoms with Gasteiger partial charge in [0.1, 0.15) is 0 Å². The Morgan fingerprint density at radius 2 is 1.95 bits per heavy atom. The lowest BCUT2D eigenvalue weighted by Crippen LogP contribution is -2.44. The van der Waals surface area contributed by atoms with Gasteiger partial charge in [-0.05, 0) is 46.5 Å². The largest absolute Gasteiger partial charge is 0.392 e. The highest BCUT2D eigenvalue weighted by Crippen LogP contribution is 2.23. The minimum absolute atomic E-state index is 0.113. The molecule has 0 aromatic heterocycles. The SMILES string of the molecule is O=S(=O)(NN1CCCCC1)c1ccc(CO)cc1Br. The van der Waals surface area contributed by atoms with Crippen LogP contribution in [-0.2, 0) is 16.6 Å². The van der Waals surface area contributed by atoms with Gasteiger partial charge in [-0.15, -0.1) is 4.83 Å². The van der Waals surface area contributed by atoms with E-state index >= 15 is 0 Å². The van der Waals surface area contributed by atoms with Gasteiger partial charge < -0.3 is 5.11 Å². The van der Waals surface area contributed by atoms with E-state index in [1.54, 1.807) is 17.1 Å². The number of benzene rings is 1. The number of piperidine rings is 1. The summed E-state index contributed by atoms with van der Waals surface area (Å²) in [5.74, 6) is 0. The molecule has 7 heteroatoms. The zero-order chi connectivity index (χ0) is 13.9. The van der Waals surface area contributed by atoms with Crippen LogP contribution in [0.2, 0.25) is 0 Å². The molecule has 2 N–H and O–H groups in total. The predicted molar refractivity (Wildman–Crippen MR) is 75.8 cm³/mol. The first-order chi connectivity index (χ1) is 9.03. The van der Waals surface area contributed by atoms with E-state index in [9.17, 15) is 8.42 Å². The molecule has 5 nitrogen and oxygen atoms in total. The average molecular weight is 349 g/mol. The van der Waals surface area contributed by atoms with Gasteiger partial charge in [0.05, 0.1) is 11.5 Å². The summed E-state index contributed by atoms with van der Waals surface area (Å²) in [6, 6.07) is 4.72. The fraction of sp³-hybridized carbons (Fsp3) is 0.500.